The second-order valence-electron chi connectivity index (χ2n) is 3.77. The van der Waals surface area contributed by atoms with Crippen molar-refractivity contribution in [2.24, 2.45) is 0 Å². The molecule has 1 aromatic carbocycles. The fourth-order valence-corrected chi connectivity index (χ4v) is 1.61. The summed E-state index contributed by atoms with van der Waals surface area (Å²) in [4.78, 5) is 11.8. The summed E-state index contributed by atoms with van der Waals surface area (Å²) in [6, 6.07) is 4.78. The smallest absolute Gasteiger partial charge is 0.255 e. The Bertz CT molecular complexity index is 412. The van der Waals surface area contributed by atoms with Crippen molar-refractivity contribution in [2.75, 3.05) is 32.7 Å². The summed E-state index contributed by atoms with van der Waals surface area (Å²) in [5.74, 6) is 0.247. The predicted octanol–water partition coefficient (Wildman–Crippen LogP) is 1.78. The number of rotatable bonds is 8. The van der Waals surface area contributed by atoms with E-state index in [2.05, 4.69) is 5.32 Å². The van der Waals surface area contributed by atoms with E-state index in [4.69, 9.17) is 21.1 Å². The highest BCUT2D eigenvalue weighted by Gasteiger charge is 2.13. The van der Waals surface area contributed by atoms with E-state index in [0.717, 1.165) is 0 Å². The number of hydrogen-bond donors (Lipinski definition) is 2. The Morgan fingerprint density at radius 3 is 2.89 bits per heavy atom. The topological polar surface area (TPSA) is 67.8 Å². The molecular weight excluding hydrogens is 270 g/mol. The van der Waals surface area contributed by atoms with Crippen molar-refractivity contribution in [1.82, 2.24) is 5.32 Å². The first-order chi connectivity index (χ1) is 9.20. The number of benzene rings is 1. The third kappa shape index (κ3) is 4.96. The lowest BCUT2D eigenvalue weighted by Gasteiger charge is -2.09. The van der Waals surface area contributed by atoms with Gasteiger partial charge in [0.25, 0.3) is 5.91 Å². The summed E-state index contributed by atoms with van der Waals surface area (Å²) in [5.41, 5.74) is 0.195. The number of para-hydroxylation sites is 1. The Morgan fingerprint density at radius 1 is 1.42 bits per heavy atom. The first-order valence-electron chi connectivity index (χ1n) is 5.98. The van der Waals surface area contributed by atoms with Crippen LogP contribution in [0.5, 0.6) is 11.5 Å². The van der Waals surface area contributed by atoms with Crippen LogP contribution in [0.2, 0.25) is 0 Å². The lowest BCUT2D eigenvalue weighted by Crippen LogP contribution is -2.25. The number of alkyl halides is 1. The number of ether oxygens (including phenoxy) is 2. The van der Waals surface area contributed by atoms with Crippen molar-refractivity contribution in [3.05, 3.63) is 23.8 Å². The van der Waals surface area contributed by atoms with Crippen LogP contribution in [-0.2, 0) is 4.74 Å². The van der Waals surface area contributed by atoms with Gasteiger partial charge in [-0.15, -0.1) is 11.6 Å². The van der Waals surface area contributed by atoms with E-state index in [-0.39, 0.29) is 23.0 Å². The van der Waals surface area contributed by atoms with E-state index in [1.165, 1.54) is 13.2 Å². The number of aromatic hydroxyl groups is 1. The van der Waals surface area contributed by atoms with Crippen LogP contribution in [0, 0.1) is 0 Å². The number of carbonyl (C=O) groups excluding carboxylic acids is 1. The largest absolute Gasteiger partial charge is 0.504 e. The first-order valence-corrected chi connectivity index (χ1v) is 6.52. The highest BCUT2D eigenvalue weighted by molar-refractivity contribution is 6.17. The third-order valence-electron chi connectivity index (χ3n) is 2.44. The van der Waals surface area contributed by atoms with Crippen LogP contribution in [0.4, 0.5) is 0 Å². The van der Waals surface area contributed by atoms with Crippen LogP contribution >= 0.6 is 11.6 Å². The van der Waals surface area contributed by atoms with E-state index in [9.17, 15) is 9.90 Å². The van der Waals surface area contributed by atoms with Gasteiger partial charge in [-0.2, -0.15) is 0 Å². The minimum atomic E-state index is -0.339. The van der Waals surface area contributed by atoms with E-state index in [1.54, 1.807) is 12.1 Å². The van der Waals surface area contributed by atoms with Gasteiger partial charge in [0.05, 0.1) is 19.3 Å². The molecule has 2 N–H and O–H groups in total. The fraction of sp³-hybridized carbons (Fsp3) is 0.462. The average molecular weight is 288 g/mol. The van der Waals surface area contributed by atoms with Crippen LogP contribution in [-0.4, -0.2) is 43.8 Å². The average Bonchev–Trinajstić information content (AvgIpc) is 2.42. The van der Waals surface area contributed by atoms with Gasteiger partial charge in [-0.05, 0) is 18.6 Å². The highest BCUT2D eigenvalue weighted by Crippen LogP contribution is 2.28. The van der Waals surface area contributed by atoms with Crippen molar-refractivity contribution < 1.29 is 19.4 Å². The number of amides is 1. The lowest BCUT2D eigenvalue weighted by atomic mass is 10.1. The van der Waals surface area contributed by atoms with Gasteiger partial charge in [0.15, 0.2) is 11.5 Å². The van der Waals surface area contributed by atoms with Crippen molar-refractivity contribution in [3.8, 4) is 11.5 Å². The van der Waals surface area contributed by atoms with E-state index < -0.39 is 0 Å². The van der Waals surface area contributed by atoms with Crippen LogP contribution in [0.1, 0.15) is 16.8 Å². The van der Waals surface area contributed by atoms with Crippen LogP contribution < -0.4 is 10.1 Å². The molecule has 0 aliphatic rings. The SMILES string of the molecule is COc1cccc(C(=O)NCCCOCCCl)c1O. The minimum Gasteiger partial charge on any atom is -0.504 e. The maximum Gasteiger partial charge on any atom is 0.255 e. The van der Waals surface area contributed by atoms with E-state index >= 15 is 0 Å². The Kier molecular flexibility index (Phi) is 7.07. The lowest BCUT2D eigenvalue weighted by molar-refractivity contribution is 0.0941. The van der Waals surface area contributed by atoms with Crippen molar-refractivity contribution in [1.29, 1.82) is 0 Å². The summed E-state index contributed by atoms with van der Waals surface area (Å²) < 4.78 is 10.1. The molecule has 0 fully saturated rings. The summed E-state index contributed by atoms with van der Waals surface area (Å²) in [7, 11) is 1.44. The molecule has 0 aromatic heterocycles. The molecule has 0 radical (unpaired) electrons. The summed E-state index contributed by atoms with van der Waals surface area (Å²) >= 11 is 5.46. The van der Waals surface area contributed by atoms with Crippen LogP contribution in [0.3, 0.4) is 0 Å². The zero-order valence-corrected chi connectivity index (χ0v) is 11.6. The molecule has 0 heterocycles. The third-order valence-corrected chi connectivity index (χ3v) is 2.59. The zero-order chi connectivity index (χ0) is 14.1. The van der Waals surface area contributed by atoms with E-state index in [1.807, 2.05) is 0 Å². The molecule has 5 nitrogen and oxygen atoms in total. The first kappa shape index (κ1) is 15.6. The quantitative estimate of drug-likeness (QED) is 0.565. The second kappa shape index (κ2) is 8.61. The molecule has 6 heteroatoms. The molecule has 1 aromatic rings. The fourth-order valence-electron chi connectivity index (χ4n) is 1.50. The molecular formula is C13H18ClNO4. The van der Waals surface area contributed by atoms with Gasteiger partial charge in [-0.1, -0.05) is 6.07 Å². The standard InChI is InChI=1S/C13H18ClNO4/c1-18-11-5-2-4-10(12(11)16)13(17)15-7-3-8-19-9-6-14/h2,4-5,16H,3,6-9H2,1H3,(H,15,17). The van der Waals surface area contributed by atoms with Gasteiger partial charge in [0.1, 0.15) is 0 Å². The number of nitrogens with one attached hydrogen (secondary N) is 1. The number of phenolic OH excluding ortho intramolecular Hbond substituents is 1. The van der Waals surface area contributed by atoms with Crippen LogP contribution in [0.15, 0.2) is 18.2 Å². The molecule has 106 valence electrons. The zero-order valence-electron chi connectivity index (χ0n) is 10.8. The molecule has 1 amide bonds. The predicted molar refractivity (Wildman–Crippen MR) is 73.1 cm³/mol. The molecule has 0 aliphatic heterocycles. The maximum atomic E-state index is 11.8. The summed E-state index contributed by atoms with van der Waals surface area (Å²) in [6.45, 7) is 1.51. The second-order valence-corrected chi connectivity index (χ2v) is 4.15. The molecule has 1 rings (SSSR count). The Labute approximate surface area is 117 Å². The van der Waals surface area contributed by atoms with Crippen LogP contribution in [0.25, 0.3) is 0 Å². The maximum absolute atomic E-state index is 11.8. The summed E-state index contributed by atoms with van der Waals surface area (Å²) in [5, 5.41) is 12.5. The van der Waals surface area contributed by atoms with Gasteiger partial charge < -0.3 is 19.9 Å². The van der Waals surface area contributed by atoms with Crippen molar-refractivity contribution in [2.45, 2.75) is 6.42 Å². The Morgan fingerprint density at radius 2 is 2.21 bits per heavy atom. The van der Waals surface area contributed by atoms with Gasteiger partial charge in [-0.25, -0.2) is 0 Å². The highest BCUT2D eigenvalue weighted by atomic mass is 35.5. The van der Waals surface area contributed by atoms with Crippen molar-refractivity contribution in [3.63, 3.8) is 0 Å². The minimum absolute atomic E-state index is 0.152. The molecule has 0 spiro atoms. The number of methoxy groups -OCH3 is 1. The molecule has 19 heavy (non-hydrogen) atoms. The van der Waals surface area contributed by atoms with Gasteiger partial charge >= 0.3 is 0 Å². The number of hydrogen-bond acceptors (Lipinski definition) is 4. The van der Waals surface area contributed by atoms with Crippen molar-refractivity contribution >= 4 is 17.5 Å². The number of halogens is 1. The molecule has 0 saturated heterocycles. The Hall–Kier alpha value is -1.46. The van der Waals surface area contributed by atoms with Gasteiger partial charge in [0.2, 0.25) is 0 Å². The Balaban J connectivity index is 2.41. The number of carbonyl (C=O) groups is 1. The summed E-state index contributed by atoms with van der Waals surface area (Å²) in [6.07, 6.45) is 0.688. The monoisotopic (exact) mass is 287 g/mol. The molecule has 0 atom stereocenters. The molecule has 0 unspecified atom stereocenters. The van der Waals surface area contributed by atoms with Gasteiger partial charge in [0, 0.05) is 19.0 Å². The van der Waals surface area contributed by atoms with Gasteiger partial charge in [-0.3, -0.25) is 4.79 Å². The molecule has 0 bridgehead atoms. The molecule has 0 saturated carbocycles. The molecule has 0 aliphatic carbocycles. The van der Waals surface area contributed by atoms with E-state index in [0.29, 0.717) is 32.1 Å². The number of phenols is 1. The normalized spacial score (nSPS) is 10.2.